The molecule has 1 fully saturated rings. The first-order valence-corrected chi connectivity index (χ1v) is 6.06. The van der Waals surface area contributed by atoms with Gasteiger partial charge in [-0.05, 0) is 17.7 Å². The van der Waals surface area contributed by atoms with Gasteiger partial charge in [-0.25, -0.2) is 9.18 Å². The molecule has 0 spiro atoms. The first kappa shape index (κ1) is 14.6. The maximum absolute atomic E-state index is 12.7. The number of benzene rings is 1. The lowest BCUT2D eigenvalue weighted by Gasteiger charge is -2.17. The summed E-state index contributed by atoms with van der Waals surface area (Å²) < 4.78 is 22.4. The normalized spacial score (nSPS) is 27.8. The van der Waals surface area contributed by atoms with Crippen LogP contribution >= 0.6 is 0 Å². The van der Waals surface area contributed by atoms with E-state index in [9.17, 15) is 19.4 Å². The average molecular weight is 282 g/mol. The molecule has 1 aliphatic rings. The van der Waals surface area contributed by atoms with Crippen LogP contribution in [0.1, 0.15) is 5.56 Å². The van der Waals surface area contributed by atoms with Crippen LogP contribution in [0, 0.1) is 5.82 Å². The number of carbonyl (C=O) groups excluding carboxylic acids is 1. The predicted molar refractivity (Wildman–Crippen MR) is 68.1 cm³/mol. The van der Waals surface area contributed by atoms with Gasteiger partial charge in [0, 0.05) is 7.11 Å². The molecule has 2 rings (SSSR count). The average Bonchev–Trinajstić information content (AvgIpc) is 2.72. The van der Waals surface area contributed by atoms with Gasteiger partial charge in [-0.3, -0.25) is 0 Å². The molecule has 0 bridgehead atoms. The standard InChI is InChI=1S/C14H15FO5/c1-19-13-11(17)12(20-14(13)18)10(16)7-4-8-2-5-9(15)6-3-8/h2-7,10-13,16-17H,1H3/b7-4+/t10-,11?,12?,13-/m1/s1. The highest BCUT2D eigenvalue weighted by Gasteiger charge is 2.46. The Kier molecular flexibility index (Phi) is 4.49. The molecule has 1 aromatic rings. The van der Waals surface area contributed by atoms with E-state index in [2.05, 4.69) is 0 Å². The fourth-order valence-corrected chi connectivity index (χ4v) is 1.98. The minimum Gasteiger partial charge on any atom is -0.454 e. The molecule has 2 N–H and O–H groups in total. The van der Waals surface area contributed by atoms with E-state index in [0.717, 1.165) is 0 Å². The first-order valence-electron chi connectivity index (χ1n) is 6.06. The lowest BCUT2D eigenvalue weighted by Crippen LogP contribution is -2.38. The van der Waals surface area contributed by atoms with Crippen LogP contribution in [0.2, 0.25) is 0 Å². The van der Waals surface area contributed by atoms with Gasteiger partial charge in [0.2, 0.25) is 0 Å². The molecule has 1 aliphatic heterocycles. The topological polar surface area (TPSA) is 76.0 Å². The molecule has 0 radical (unpaired) electrons. The van der Waals surface area contributed by atoms with Gasteiger partial charge in [0.1, 0.15) is 18.0 Å². The lowest BCUT2D eigenvalue weighted by atomic mass is 10.0. The number of esters is 1. The largest absolute Gasteiger partial charge is 0.454 e. The van der Waals surface area contributed by atoms with Crippen molar-refractivity contribution in [3.8, 4) is 0 Å². The molecule has 20 heavy (non-hydrogen) atoms. The second-order valence-corrected chi connectivity index (χ2v) is 4.45. The molecule has 4 atom stereocenters. The van der Waals surface area contributed by atoms with Gasteiger partial charge in [-0.15, -0.1) is 0 Å². The molecular formula is C14H15FO5. The van der Waals surface area contributed by atoms with Crippen LogP contribution in [0.5, 0.6) is 0 Å². The highest BCUT2D eigenvalue weighted by atomic mass is 19.1. The second kappa shape index (κ2) is 6.13. The summed E-state index contributed by atoms with van der Waals surface area (Å²) in [5.41, 5.74) is 0.674. The number of cyclic esters (lactones) is 1. The van der Waals surface area contributed by atoms with E-state index in [4.69, 9.17) is 9.47 Å². The molecule has 0 aliphatic carbocycles. The smallest absolute Gasteiger partial charge is 0.338 e. The third-order valence-corrected chi connectivity index (χ3v) is 3.08. The Morgan fingerprint density at radius 2 is 2.05 bits per heavy atom. The van der Waals surface area contributed by atoms with Crippen LogP contribution in [-0.4, -0.2) is 47.7 Å². The predicted octanol–water partition coefficient (Wildman–Crippen LogP) is 0.501. The van der Waals surface area contributed by atoms with Crippen molar-refractivity contribution in [3.05, 3.63) is 41.7 Å². The van der Waals surface area contributed by atoms with Crippen molar-refractivity contribution in [2.45, 2.75) is 24.4 Å². The van der Waals surface area contributed by atoms with Crippen molar-refractivity contribution in [3.63, 3.8) is 0 Å². The molecule has 1 saturated heterocycles. The summed E-state index contributed by atoms with van der Waals surface area (Å²) in [4.78, 5) is 11.4. The van der Waals surface area contributed by atoms with E-state index in [1.165, 1.54) is 37.5 Å². The molecule has 6 heteroatoms. The minimum atomic E-state index is -1.24. The number of aliphatic hydroxyl groups excluding tert-OH is 2. The van der Waals surface area contributed by atoms with Gasteiger partial charge in [-0.2, -0.15) is 0 Å². The fourth-order valence-electron chi connectivity index (χ4n) is 1.98. The van der Waals surface area contributed by atoms with Crippen molar-refractivity contribution in [2.24, 2.45) is 0 Å². The molecule has 108 valence electrons. The third kappa shape index (κ3) is 3.04. The van der Waals surface area contributed by atoms with Crippen molar-refractivity contribution < 1.29 is 28.9 Å². The molecule has 0 saturated carbocycles. The fraction of sp³-hybridized carbons (Fsp3) is 0.357. The van der Waals surface area contributed by atoms with Gasteiger partial charge >= 0.3 is 5.97 Å². The molecular weight excluding hydrogens is 267 g/mol. The monoisotopic (exact) mass is 282 g/mol. The summed E-state index contributed by atoms with van der Waals surface area (Å²) in [6.07, 6.45) is -1.67. The highest BCUT2D eigenvalue weighted by molar-refractivity contribution is 5.78. The van der Waals surface area contributed by atoms with Gasteiger partial charge in [-0.1, -0.05) is 24.3 Å². The van der Waals surface area contributed by atoms with Crippen LogP contribution in [0.15, 0.2) is 30.3 Å². The molecule has 0 aromatic heterocycles. The number of carbonyl (C=O) groups is 1. The number of methoxy groups -OCH3 is 1. The number of rotatable bonds is 4. The Hall–Kier alpha value is -1.76. The van der Waals surface area contributed by atoms with Crippen molar-refractivity contribution >= 4 is 12.0 Å². The Morgan fingerprint density at radius 1 is 1.40 bits per heavy atom. The molecule has 1 aromatic carbocycles. The van der Waals surface area contributed by atoms with Crippen LogP contribution in [-0.2, 0) is 14.3 Å². The van der Waals surface area contributed by atoms with Crippen molar-refractivity contribution in [1.29, 1.82) is 0 Å². The van der Waals surface area contributed by atoms with Crippen molar-refractivity contribution in [2.75, 3.05) is 7.11 Å². The lowest BCUT2D eigenvalue weighted by molar-refractivity contribution is -0.150. The molecule has 1 heterocycles. The minimum absolute atomic E-state index is 0.356. The second-order valence-electron chi connectivity index (χ2n) is 4.45. The van der Waals surface area contributed by atoms with Crippen LogP contribution in [0.3, 0.4) is 0 Å². The molecule has 2 unspecified atom stereocenters. The number of halogens is 1. The van der Waals surface area contributed by atoms with E-state index >= 15 is 0 Å². The van der Waals surface area contributed by atoms with Gasteiger partial charge in [0.15, 0.2) is 12.2 Å². The summed E-state index contributed by atoms with van der Waals surface area (Å²) in [5.74, 6) is -1.06. The van der Waals surface area contributed by atoms with Crippen LogP contribution in [0.4, 0.5) is 4.39 Å². The Balaban J connectivity index is 2.03. The van der Waals surface area contributed by atoms with E-state index in [1.54, 1.807) is 6.08 Å². The highest BCUT2D eigenvalue weighted by Crippen LogP contribution is 2.22. The summed E-state index contributed by atoms with van der Waals surface area (Å²) in [6, 6.07) is 5.65. The quantitative estimate of drug-likeness (QED) is 0.787. The van der Waals surface area contributed by atoms with E-state index in [0.29, 0.717) is 5.56 Å². The van der Waals surface area contributed by atoms with Crippen LogP contribution in [0.25, 0.3) is 6.08 Å². The van der Waals surface area contributed by atoms with Crippen molar-refractivity contribution in [1.82, 2.24) is 0 Å². The Morgan fingerprint density at radius 3 is 2.60 bits per heavy atom. The number of hydrogen-bond acceptors (Lipinski definition) is 5. The maximum Gasteiger partial charge on any atom is 0.338 e. The number of aliphatic hydroxyl groups is 2. The first-order chi connectivity index (χ1) is 9.52. The number of hydrogen-bond donors (Lipinski definition) is 2. The molecule has 0 amide bonds. The van der Waals surface area contributed by atoms with Crippen LogP contribution < -0.4 is 0 Å². The molecule has 5 nitrogen and oxygen atoms in total. The van der Waals surface area contributed by atoms with Gasteiger partial charge in [0.25, 0.3) is 0 Å². The zero-order chi connectivity index (χ0) is 14.7. The third-order valence-electron chi connectivity index (χ3n) is 3.08. The Bertz CT molecular complexity index is 499. The SMILES string of the molecule is CO[C@H]1C(=O)OC([C@H](O)/C=C/c2ccc(F)cc2)C1O. The summed E-state index contributed by atoms with van der Waals surface area (Å²) in [7, 11) is 1.28. The zero-order valence-corrected chi connectivity index (χ0v) is 10.8. The Labute approximate surface area is 115 Å². The van der Waals surface area contributed by atoms with Gasteiger partial charge < -0.3 is 19.7 Å². The summed E-state index contributed by atoms with van der Waals surface area (Å²) in [5, 5.41) is 19.7. The van der Waals surface area contributed by atoms with E-state index in [-0.39, 0.29) is 5.82 Å². The van der Waals surface area contributed by atoms with E-state index < -0.39 is 30.4 Å². The number of ether oxygens (including phenoxy) is 2. The summed E-state index contributed by atoms with van der Waals surface area (Å²) >= 11 is 0. The van der Waals surface area contributed by atoms with Gasteiger partial charge in [0.05, 0.1) is 0 Å². The maximum atomic E-state index is 12.7. The van der Waals surface area contributed by atoms with E-state index in [1.807, 2.05) is 0 Å². The summed E-state index contributed by atoms with van der Waals surface area (Å²) in [6.45, 7) is 0. The zero-order valence-electron chi connectivity index (χ0n) is 10.8.